The minimum Gasteiger partial charge on any atom is -0.550 e. The number of nitrogens with one attached hydrogen (secondary N) is 1. The Morgan fingerprint density at radius 1 is 1.11 bits per heavy atom. The molecule has 3 rings (SSSR count). The number of anilines is 2. The summed E-state index contributed by atoms with van der Waals surface area (Å²) in [6.07, 6.45) is 4.35. The van der Waals surface area contributed by atoms with Crippen molar-refractivity contribution in [1.82, 2.24) is 4.90 Å². The number of hydrogen-bond acceptors (Lipinski definition) is 6. The van der Waals surface area contributed by atoms with Gasteiger partial charge < -0.3 is 29.8 Å². The second-order valence-electron chi connectivity index (χ2n) is 6.74. The summed E-state index contributed by atoms with van der Waals surface area (Å²) < 4.78 is 5.38. The quantitative estimate of drug-likeness (QED) is 0.415. The van der Waals surface area contributed by atoms with Gasteiger partial charge >= 0.3 is 18.9 Å². The van der Waals surface area contributed by atoms with Gasteiger partial charge in [0.25, 0.3) is 5.91 Å². The van der Waals surface area contributed by atoms with E-state index in [1.807, 2.05) is 35.2 Å². The number of carboxylic acids is 1. The van der Waals surface area contributed by atoms with Crippen molar-refractivity contribution >= 4 is 23.3 Å². The van der Waals surface area contributed by atoms with Gasteiger partial charge in [-0.15, -0.1) is 0 Å². The summed E-state index contributed by atoms with van der Waals surface area (Å²) >= 11 is 0. The Kier molecular flexibility index (Phi) is 8.90. The molecule has 0 bridgehead atoms. The average Bonchev–Trinajstić information content (AvgIpc) is 2.69. The van der Waals surface area contributed by atoms with E-state index >= 15 is 0 Å². The van der Waals surface area contributed by atoms with Crippen LogP contribution in [0.1, 0.15) is 25.7 Å². The molecule has 0 aromatic heterocycles. The normalized spacial score (nSPS) is 17.0. The molecule has 0 saturated carbocycles. The van der Waals surface area contributed by atoms with Gasteiger partial charge in [0.05, 0.1) is 18.9 Å². The molecule has 1 N–H and O–H groups in total. The second-order valence-corrected chi connectivity index (χ2v) is 6.74. The molecule has 0 unspecified atom stereocenters. The van der Waals surface area contributed by atoms with Crippen molar-refractivity contribution in [3.05, 3.63) is 36.0 Å². The maximum atomic E-state index is 12.9. The zero-order valence-electron chi connectivity index (χ0n) is 16.5. The van der Waals surface area contributed by atoms with Crippen molar-refractivity contribution in [1.29, 1.82) is 0 Å². The summed E-state index contributed by atoms with van der Waals surface area (Å²) in [5, 5.41) is 13.7. The van der Waals surface area contributed by atoms with Gasteiger partial charge in [-0.2, -0.15) is 0 Å². The number of rotatable bonds is 8. The molecular formula is C20H26LiN3O4. The molecule has 1 amide bonds. The van der Waals surface area contributed by atoms with E-state index in [0.717, 1.165) is 43.0 Å². The van der Waals surface area contributed by atoms with Crippen LogP contribution in [0.2, 0.25) is 0 Å². The summed E-state index contributed by atoms with van der Waals surface area (Å²) in [7, 11) is 0. The molecule has 8 heteroatoms. The van der Waals surface area contributed by atoms with Gasteiger partial charge in [-0.1, -0.05) is 6.08 Å². The molecule has 146 valence electrons. The predicted octanol–water partition coefficient (Wildman–Crippen LogP) is -2.02. The summed E-state index contributed by atoms with van der Waals surface area (Å²) in [6, 6.07) is 7.80. The smallest absolute Gasteiger partial charge is 0.550 e. The summed E-state index contributed by atoms with van der Waals surface area (Å²) in [5.41, 5.74) is 2.63. The number of hydrogen-bond donors (Lipinski definition) is 1. The Bertz CT molecular complexity index is 687. The van der Waals surface area contributed by atoms with E-state index in [1.54, 1.807) is 0 Å². The first-order valence-electron chi connectivity index (χ1n) is 9.53. The number of carbonyl (C=O) groups is 2. The van der Waals surface area contributed by atoms with Gasteiger partial charge in [0.1, 0.15) is 0 Å². The number of unbranched alkanes of at least 4 members (excludes halogenated alkanes) is 1. The molecule has 7 nitrogen and oxygen atoms in total. The molecule has 0 spiro atoms. The zero-order chi connectivity index (χ0) is 19.1. The van der Waals surface area contributed by atoms with Gasteiger partial charge in [0.2, 0.25) is 0 Å². The predicted molar refractivity (Wildman–Crippen MR) is 101 cm³/mol. The summed E-state index contributed by atoms with van der Waals surface area (Å²) in [4.78, 5) is 27.2. The number of aliphatic carboxylic acids is 1. The summed E-state index contributed by atoms with van der Waals surface area (Å²) in [6.45, 7) is 4.22. The molecule has 28 heavy (non-hydrogen) atoms. The fourth-order valence-corrected chi connectivity index (χ4v) is 3.36. The van der Waals surface area contributed by atoms with Gasteiger partial charge in [-0.3, -0.25) is 4.79 Å². The molecule has 2 heterocycles. The maximum absolute atomic E-state index is 12.9. The Labute approximate surface area is 177 Å². The Hall–Kier alpha value is -1.94. The maximum Gasteiger partial charge on any atom is 1.00 e. The van der Waals surface area contributed by atoms with Crippen LogP contribution < -0.4 is 34.2 Å². The Morgan fingerprint density at radius 2 is 1.82 bits per heavy atom. The third kappa shape index (κ3) is 6.03. The van der Waals surface area contributed by atoms with Crippen molar-refractivity contribution in [3.63, 3.8) is 0 Å². The number of ether oxygens (including phenoxy) is 1. The van der Waals surface area contributed by atoms with Crippen LogP contribution in [0.5, 0.6) is 0 Å². The topological polar surface area (TPSA) is 84.9 Å². The van der Waals surface area contributed by atoms with E-state index in [-0.39, 0.29) is 31.2 Å². The fraction of sp³-hybridized carbons (Fsp3) is 0.500. The second kappa shape index (κ2) is 11.2. The van der Waals surface area contributed by atoms with Crippen molar-refractivity contribution in [3.8, 4) is 0 Å². The van der Waals surface area contributed by atoms with Crippen LogP contribution in [0.4, 0.5) is 11.4 Å². The van der Waals surface area contributed by atoms with Crippen molar-refractivity contribution in [2.45, 2.75) is 25.7 Å². The van der Waals surface area contributed by atoms with Crippen LogP contribution in [-0.4, -0.2) is 56.2 Å². The van der Waals surface area contributed by atoms with Crippen molar-refractivity contribution in [2.75, 3.05) is 49.6 Å². The number of benzene rings is 1. The van der Waals surface area contributed by atoms with Crippen LogP contribution in [-0.2, 0) is 14.3 Å². The van der Waals surface area contributed by atoms with Crippen LogP contribution in [0.25, 0.3) is 0 Å². The minimum absolute atomic E-state index is 0. The van der Waals surface area contributed by atoms with E-state index in [0.29, 0.717) is 32.7 Å². The number of nitrogens with zero attached hydrogens (tertiary/aromatic N) is 2. The van der Waals surface area contributed by atoms with E-state index in [9.17, 15) is 14.7 Å². The molecule has 1 aromatic rings. The number of carbonyl (C=O) groups excluding carboxylic acids is 2. The van der Waals surface area contributed by atoms with Crippen LogP contribution in [0.15, 0.2) is 36.0 Å². The Balaban J connectivity index is 0.00000280. The van der Waals surface area contributed by atoms with Crippen LogP contribution >= 0.6 is 0 Å². The van der Waals surface area contributed by atoms with Gasteiger partial charge in [-0.25, -0.2) is 0 Å². The van der Waals surface area contributed by atoms with Gasteiger partial charge in [0, 0.05) is 43.5 Å². The van der Waals surface area contributed by atoms with Crippen molar-refractivity contribution in [2.24, 2.45) is 0 Å². The molecule has 0 radical (unpaired) electrons. The van der Waals surface area contributed by atoms with Crippen LogP contribution in [0, 0.1) is 0 Å². The van der Waals surface area contributed by atoms with E-state index in [1.165, 1.54) is 0 Å². The van der Waals surface area contributed by atoms with E-state index in [4.69, 9.17) is 4.74 Å². The van der Waals surface area contributed by atoms with E-state index in [2.05, 4.69) is 10.2 Å². The third-order valence-corrected chi connectivity index (χ3v) is 4.82. The molecular weight excluding hydrogens is 353 g/mol. The number of carboxylic acid groups (broad SMARTS) is 1. The first-order valence-corrected chi connectivity index (χ1v) is 9.53. The zero-order valence-corrected chi connectivity index (χ0v) is 16.5. The minimum atomic E-state index is -1.00. The monoisotopic (exact) mass is 379 g/mol. The molecule has 1 saturated heterocycles. The van der Waals surface area contributed by atoms with Gasteiger partial charge in [-0.05, 0) is 49.9 Å². The molecule has 0 aliphatic carbocycles. The van der Waals surface area contributed by atoms with Crippen molar-refractivity contribution < 1.29 is 38.3 Å². The number of morpholine rings is 1. The Morgan fingerprint density at radius 3 is 2.50 bits per heavy atom. The molecule has 2 aliphatic rings. The number of amides is 1. The standard InChI is InChI=1S/C20H27N3O4.Li/c24-19(25)5-1-2-10-21-16-6-8-17(9-7-16)23-11-3-4-18(20(23)26)22-12-14-27-15-13-22;/h4,6-9,21H,1-3,5,10-15H2,(H,24,25);/q;+1/p-1. The first kappa shape index (κ1) is 22.3. The average molecular weight is 379 g/mol. The van der Waals surface area contributed by atoms with Crippen LogP contribution in [0.3, 0.4) is 0 Å². The van der Waals surface area contributed by atoms with E-state index < -0.39 is 5.97 Å². The first-order chi connectivity index (χ1) is 13.1. The largest absolute Gasteiger partial charge is 1.00 e. The van der Waals surface area contributed by atoms with Gasteiger partial charge in [0.15, 0.2) is 0 Å². The summed E-state index contributed by atoms with van der Waals surface area (Å²) in [5.74, 6) is -0.956. The molecule has 2 aliphatic heterocycles. The molecule has 1 fully saturated rings. The fourth-order valence-electron chi connectivity index (χ4n) is 3.36. The molecule has 1 aromatic carbocycles. The SMILES string of the molecule is O=C([O-])CCCCNc1ccc(N2CCC=C(N3CCOCC3)C2=O)cc1.[Li+]. The molecule has 0 atom stereocenters. The third-order valence-electron chi connectivity index (χ3n) is 4.82.